The number of halogens is 7. The van der Waals surface area contributed by atoms with Crippen LogP contribution in [0.2, 0.25) is 0 Å². The summed E-state index contributed by atoms with van der Waals surface area (Å²) in [5.74, 6) is -0.0903. The Morgan fingerprint density at radius 1 is 1.00 bits per heavy atom. The first-order chi connectivity index (χ1) is 9.93. The second-order valence-corrected chi connectivity index (χ2v) is 4.78. The molecule has 3 nitrogen and oxygen atoms in total. The smallest absolute Gasteiger partial charge is 0.390 e. The average Bonchev–Trinajstić information content (AvgIpc) is 2.42. The summed E-state index contributed by atoms with van der Waals surface area (Å²) in [5, 5.41) is 20.9. The summed E-state index contributed by atoms with van der Waals surface area (Å²) in [5.41, 5.74) is -6.13. The molecule has 22 heavy (non-hydrogen) atoms. The number of aliphatic hydroxyl groups excluding tert-OH is 1. The number of benzene rings is 1. The number of alkyl halides is 7. The van der Waals surface area contributed by atoms with E-state index in [2.05, 4.69) is 5.32 Å². The molecule has 0 saturated heterocycles. The van der Waals surface area contributed by atoms with E-state index in [-0.39, 0.29) is 18.1 Å². The van der Waals surface area contributed by atoms with Crippen molar-refractivity contribution in [3.05, 3.63) is 29.8 Å². The summed E-state index contributed by atoms with van der Waals surface area (Å²) in [6, 6.07) is 2.88. The highest BCUT2D eigenvalue weighted by Gasteiger charge is 2.71. The minimum Gasteiger partial charge on any atom is -0.390 e. The summed E-state index contributed by atoms with van der Waals surface area (Å²) in [4.78, 5) is 0. The quantitative estimate of drug-likeness (QED) is 0.564. The molecule has 0 spiro atoms. The lowest BCUT2D eigenvalue weighted by atomic mass is 9.92. The molecule has 0 aliphatic rings. The van der Waals surface area contributed by atoms with Crippen molar-refractivity contribution >= 4 is 17.3 Å². The molecule has 1 atom stereocenters. The van der Waals surface area contributed by atoms with Crippen LogP contribution in [0.15, 0.2) is 24.3 Å². The molecule has 0 aliphatic carbocycles. The molecule has 0 amide bonds. The van der Waals surface area contributed by atoms with E-state index < -0.39 is 29.6 Å². The highest BCUT2D eigenvalue weighted by Crippen LogP contribution is 2.50. The molecule has 0 bridgehead atoms. The fraction of sp³-hybridized carbons (Fsp3) is 0.500. The molecule has 0 radical (unpaired) electrons. The van der Waals surface area contributed by atoms with Gasteiger partial charge in [0.05, 0.1) is 12.0 Å². The molecule has 0 aromatic heterocycles. The molecule has 1 unspecified atom stereocenters. The van der Waals surface area contributed by atoms with E-state index in [1.165, 1.54) is 0 Å². The molecule has 0 fully saturated rings. The Morgan fingerprint density at radius 3 is 1.82 bits per heavy atom. The van der Waals surface area contributed by atoms with E-state index in [1.807, 2.05) is 0 Å². The van der Waals surface area contributed by atoms with Gasteiger partial charge >= 0.3 is 12.4 Å². The van der Waals surface area contributed by atoms with E-state index in [0.29, 0.717) is 12.1 Å². The molecular weight excluding hydrogens is 340 g/mol. The third-order valence-electron chi connectivity index (χ3n) is 2.84. The van der Waals surface area contributed by atoms with Crippen molar-refractivity contribution in [2.45, 2.75) is 24.1 Å². The first kappa shape index (κ1) is 18.9. The van der Waals surface area contributed by atoms with Gasteiger partial charge in [-0.15, -0.1) is 11.6 Å². The summed E-state index contributed by atoms with van der Waals surface area (Å²) < 4.78 is 75.9. The van der Waals surface area contributed by atoms with E-state index in [9.17, 15) is 36.6 Å². The Hall–Kier alpha value is -1.19. The Kier molecular flexibility index (Phi) is 5.58. The van der Waals surface area contributed by atoms with Crippen molar-refractivity contribution in [3.8, 4) is 0 Å². The monoisotopic (exact) mass is 351 g/mol. The second kappa shape index (κ2) is 6.51. The Bertz CT molecular complexity index is 474. The van der Waals surface area contributed by atoms with Crippen LogP contribution >= 0.6 is 11.6 Å². The van der Waals surface area contributed by atoms with Crippen LogP contribution in [0, 0.1) is 0 Å². The first-order valence-electron chi connectivity index (χ1n) is 5.87. The fourth-order valence-electron chi connectivity index (χ4n) is 1.61. The Morgan fingerprint density at radius 2 is 1.45 bits per heavy atom. The van der Waals surface area contributed by atoms with E-state index in [0.717, 1.165) is 12.1 Å². The summed E-state index contributed by atoms with van der Waals surface area (Å²) >= 11 is 5.33. The minimum atomic E-state index is -5.92. The molecule has 1 rings (SSSR count). The van der Waals surface area contributed by atoms with Crippen LogP contribution in [-0.2, 0) is 5.60 Å². The molecular formula is C12H12ClF6NO2. The standard InChI is InChI=1S/C12H12ClF6NO2/c13-5-9(21)6-20-8-3-1-7(2-4-8)10(22,11(14,15)16)12(17,18)19/h1-4,9,20-22H,5-6H2. The van der Waals surface area contributed by atoms with Crippen LogP contribution in [0.25, 0.3) is 0 Å². The molecule has 0 saturated carbocycles. The van der Waals surface area contributed by atoms with Crippen molar-refractivity contribution in [1.29, 1.82) is 0 Å². The highest BCUT2D eigenvalue weighted by atomic mass is 35.5. The van der Waals surface area contributed by atoms with Gasteiger partial charge in [-0.25, -0.2) is 0 Å². The van der Waals surface area contributed by atoms with Crippen LogP contribution in [0.1, 0.15) is 5.56 Å². The zero-order valence-electron chi connectivity index (χ0n) is 10.8. The van der Waals surface area contributed by atoms with Gasteiger partial charge in [-0.2, -0.15) is 26.3 Å². The predicted molar refractivity (Wildman–Crippen MR) is 67.7 cm³/mol. The molecule has 1 aromatic carbocycles. The van der Waals surface area contributed by atoms with Crippen molar-refractivity contribution < 1.29 is 36.6 Å². The van der Waals surface area contributed by atoms with Crippen LogP contribution in [-0.4, -0.2) is 41.1 Å². The van der Waals surface area contributed by atoms with Gasteiger partial charge in [0.25, 0.3) is 5.60 Å². The van der Waals surface area contributed by atoms with E-state index in [4.69, 9.17) is 11.6 Å². The van der Waals surface area contributed by atoms with Gasteiger partial charge in [0.2, 0.25) is 0 Å². The van der Waals surface area contributed by atoms with Gasteiger partial charge < -0.3 is 15.5 Å². The van der Waals surface area contributed by atoms with Gasteiger partial charge in [0.15, 0.2) is 0 Å². The first-order valence-corrected chi connectivity index (χ1v) is 6.41. The number of hydrogen-bond donors (Lipinski definition) is 3. The minimum absolute atomic E-state index is 0.0361. The van der Waals surface area contributed by atoms with Gasteiger partial charge in [-0.3, -0.25) is 0 Å². The maximum atomic E-state index is 12.7. The lowest BCUT2D eigenvalue weighted by Gasteiger charge is -2.32. The van der Waals surface area contributed by atoms with E-state index in [1.54, 1.807) is 0 Å². The maximum absolute atomic E-state index is 12.7. The summed E-state index contributed by atoms with van der Waals surface area (Å²) in [6.45, 7) is -0.0361. The molecule has 0 heterocycles. The number of anilines is 1. The third kappa shape index (κ3) is 3.76. The number of hydrogen-bond acceptors (Lipinski definition) is 3. The maximum Gasteiger partial charge on any atom is 0.430 e. The van der Waals surface area contributed by atoms with E-state index >= 15 is 0 Å². The van der Waals surface area contributed by atoms with Crippen LogP contribution in [0.3, 0.4) is 0 Å². The average molecular weight is 352 g/mol. The SMILES string of the molecule is OC(CCl)CNc1ccc(C(O)(C(F)(F)F)C(F)(F)F)cc1. The normalized spacial score (nSPS) is 14.8. The Balaban J connectivity index is 3.05. The van der Waals surface area contributed by atoms with Crippen LogP contribution < -0.4 is 5.32 Å². The topological polar surface area (TPSA) is 52.5 Å². The molecule has 126 valence electrons. The summed E-state index contributed by atoms with van der Waals surface area (Å²) in [7, 11) is 0. The van der Waals surface area contributed by atoms with Gasteiger partial charge in [0.1, 0.15) is 0 Å². The summed E-state index contributed by atoms with van der Waals surface area (Å²) in [6.07, 6.45) is -12.8. The van der Waals surface area contributed by atoms with Crippen molar-refractivity contribution in [2.75, 3.05) is 17.7 Å². The zero-order chi connectivity index (χ0) is 17.2. The second-order valence-electron chi connectivity index (χ2n) is 4.47. The zero-order valence-corrected chi connectivity index (χ0v) is 11.6. The fourth-order valence-corrected chi connectivity index (χ4v) is 1.72. The van der Waals surface area contributed by atoms with Crippen molar-refractivity contribution in [1.82, 2.24) is 0 Å². The highest BCUT2D eigenvalue weighted by molar-refractivity contribution is 6.18. The molecule has 10 heteroatoms. The van der Waals surface area contributed by atoms with Crippen molar-refractivity contribution in [2.24, 2.45) is 0 Å². The van der Waals surface area contributed by atoms with Gasteiger partial charge in [0, 0.05) is 17.8 Å². The number of nitrogens with one attached hydrogen (secondary N) is 1. The van der Waals surface area contributed by atoms with Gasteiger partial charge in [-0.05, 0) is 12.1 Å². The van der Waals surface area contributed by atoms with Crippen LogP contribution in [0.4, 0.5) is 32.0 Å². The molecule has 1 aromatic rings. The Labute approximate surface area is 126 Å². The third-order valence-corrected chi connectivity index (χ3v) is 3.20. The van der Waals surface area contributed by atoms with Crippen molar-refractivity contribution in [3.63, 3.8) is 0 Å². The largest absolute Gasteiger partial charge is 0.430 e. The predicted octanol–water partition coefficient (Wildman–Crippen LogP) is 3.01. The lowest BCUT2D eigenvalue weighted by Crippen LogP contribution is -2.53. The molecule has 0 aliphatic heterocycles. The molecule has 3 N–H and O–H groups in total. The number of rotatable bonds is 5. The van der Waals surface area contributed by atoms with Gasteiger partial charge in [-0.1, -0.05) is 12.1 Å². The number of aliphatic hydroxyl groups is 2. The van der Waals surface area contributed by atoms with Crippen LogP contribution in [0.5, 0.6) is 0 Å². The lowest BCUT2D eigenvalue weighted by molar-refractivity contribution is -0.376.